The molecule has 0 bridgehead atoms. The standard InChI is InChI=1S/C19H22N2/c1-21-9-8-17-10-14(6-7-19(17)21)13-20-18-11-15-4-2-3-5-16(15)12-18/h2-7,10,18,20H,8-9,11-13H2,1H3. The molecule has 1 aliphatic carbocycles. The summed E-state index contributed by atoms with van der Waals surface area (Å²) in [5.74, 6) is 0. The van der Waals surface area contributed by atoms with Crippen LogP contribution in [0.5, 0.6) is 0 Å². The molecule has 4 rings (SSSR count). The van der Waals surface area contributed by atoms with Crippen molar-refractivity contribution in [3.8, 4) is 0 Å². The summed E-state index contributed by atoms with van der Waals surface area (Å²) < 4.78 is 0. The van der Waals surface area contributed by atoms with Gasteiger partial charge in [-0.15, -0.1) is 0 Å². The first-order valence-electron chi connectivity index (χ1n) is 7.93. The SMILES string of the molecule is CN1CCc2cc(CNC3Cc4ccccc4C3)ccc21. The zero-order chi connectivity index (χ0) is 14.2. The van der Waals surface area contributed by atoms with E-state index in [1.807, 2.05) is 0 Å². The van der Waals surface area contributed by atoms with Crippen LogP contribution in [0.4, 0.5) is 5.69 Å². The molecule has 2 aliphatic rings. The van der Waals surface area contributed by atoms with Gasteiger partial charge in [0.25, 0.3) is 0 Å². The Morgan fingerprint density at radius 2 is 1.81 bits per heavy atom. The van der Waals surface area contributed by atoms with Gasteiger partial charge in [-0.1, -0.05) is 36.4 Å². The lowest BCUT2D eigenvalue weighted by atomic mass is 10.1. The molecule has 0 spiro atoms. The Hall–Kier alpha value is -1.80. The van der Waals surface area contributed by atoms with Crippen LogP contribution >= 0.6 is 0 Å². The van der Waals surface area contributed by atoms with E-state index in [2.05, 4.69) is 59.7 Å². The molecule has 0 radical (unpaired) electrons. The molecule has 1 aliphatic heterocycles. The van der Waals surface area contributed by atoms with Crippen molar-refractivity contribution in [3.63, 3.8) is 0 Å². The maximum Gasteiger partial charge on any atom is 0.0397 e. The van der Waals surface area contributed by atoms with Crippen LogP contribution in [0.2, 0.25) is 0 Å². The van der Waals surface area contributed by atoms with Crippen LogP contribution in [0.15, 0.2) is 42.5 Å². The molecule has 0 fully saturated rings. The van der Waals surface area contributed by atoms with Gasteiger partial charge in [-0.05, 0) is 47.6 Å². The Labute approximate surface area is 126 Å². The van der Waals surface area contributed by atoms with E-state index in [0.717, 1.165) is 13.1 Å². The summed E-state index contributed by atoms with van der Waals surface area (Å²) in [6, 6.07) is 16.4. The van der Waals surface area contributed by atoms with Crippen LogP contribution in [-0.4, -0.2) is 19.6 Å². The fraction of sp³-hybridized carbons (Fsp3) is 0.368. The minimum absolute atomic E-state index is 0.596. The summed E-state index contributed by atoms with van der Waals surface area (Å²) in [6.07, 6.45) is 3.53. The molecule has 0 saturated heterocycles. The quantitative estimate of drug-likeness (QED) is 0.928. The lowest BCUT2D eigenvalue weighted by molar-refractivity contribution is 0.533. The first kappa shape index (κ1) is 12.9. The Morgan fingerprint density at radius 1 is 1.05 bits per heavy atom. The Bertz CT molecular complexity index is 637. The largest absolute Gasteiger partial charge is 0.374 e. The predicted octanol–water partition coefficient (Wildman–Crippen LogP) is 2.94. The molecule has 0 saturated carbocycles. The highest BCUT2D eigenvalue weighted by atomic mass is 15.1. The molecule has 2 heteroatoms. The molecule has 2 aromatic carbocycles. The molecule has 2 aromatic rings. The van der Waals surface area contributed by atoms with E-state index in [-0.39, 0.29) is 0 Å². The minimum atomic E-state index is 0.596. The van der Waals surface area contributed by atoms with E-state index < -0.39 is 0 Å². The summed E-state index contributed by atoms with van der Waals surface area (Å²) in [5, 5.41) is 3.73. The summed E-state index contributed by atoms with van der Waals surface area (Å²) in [7, 11) is 2.18. The van der Waals surface area contributed by atoms with Gasteiger partial charge < -0.3 is 10.2 Å². The second-order valence-electron chi connectivity index (χ2n) is 6.39. The van der Waals surface area contributed by atoms with Crippen LogP contribution in [-0.2, 0) is 25.8 Å². The van der Waals surface area contributed by atoms with Crippen molar-refractivity contribution in [1.29, 1.82) is 0 Å². The number of rotatable bonds is 3. The van der Waals surface area contributed by atoms with E-state index in [0.29, 0.717) is 6.04 Å². The molecular formula is C19H22N2. The van der Waals surface area contributed by atoms with Crippen LogP contribution < -0.4 is 10.2 Å². The third-order valence-corrected chi connectivity index (χ3v) is 4.92. The van der Waals surface area contributed by atoms with E-state index in [4.69, 9.17) is 0 Å². The van der Waals surface area contributed by atoms with E-state index in [1.165, 1.54) is 47.2 Å². The zero-order valence-electron chi connectivity index (χ0n) is 12.6. The predicted molar refractivity (Wildman–Crippen MR) is 87.9 cm³/mol. The lowest BCUT2D eigenvalue weighted by Gasteiger charge is -2.14. The van der Waals surface area contributed by atoms with E-state index in [9.17, 15) is 0 Å². The van der Waals surface area contributed by atoms with Gasteiger partial charge in [-0.2, -0.15) is 0 Å². The average molecular weight is 278 g/mol. The first-order chi connectivity index (χ1) is 10.3. The van der Waals surface area contributed by atoms with Gasteiger partial charge in [0, 0.05) is 31.9 Å². The zero-order valence-corrected chi connectivity index (χ0v) is 12.6. The minimum Gasteiger partial charge on any atom is -0.374 e. The highest BCUT2D eigenvalue weighted by Gasteiger charge is 2.20. The van der Waals surface area contributed by atoms with Crippen molar-refractivity contribution in [2.75, 3.05) is 18.5 Å². The third-order valence-electron chi connectivity index (χ3n) is 4.92. The molecule has 1 N–H and O–H groups in total. The highest BCUT2D eigenvalue weighted by molar-refractivity contribution is 5.58. The van der Waals surface area contributed by atoms with Gasteiger partial charge in [0.05, 0.1) is 0 Å². The topological polar surface area (TPSA) is 15.3 Å². The molecule has 2 nitrogen and oxygen atoms in total. The number of benzene rings is 2. The van der Waals surface area contributed by atoms with Gasteiger partial charge in [-0.3, -0.25) is 0 Å². The van der Waals surface area contributed by atoms with Crippen LogP contribution in [0.1, 0.15) is 22.3 Å². The van der Waals surface area contributed by atoms with Crippen LogP contribution in [0.25, 0.3) is 0 Å². The number of nitrogens with one attached hydrogen (secondary N) is 1. The van der Waals surface area contributed by atoms with Gasteiger partial charge in [-0.25, -0.2) is 0 Å². The average Bonchev–Trinajstić information content (AvgIpc) is 3.08. The van der Waals surface area contributed by atoms with Crippen molar-refractivity contribution in [1.82, 2.24) is 5.32 Å². The Kier molecular flexibility index (Phi) is 3.19. The molecule has 0 unspecified atom stereocenters. The molecule has 21 heavy (non-hydrogen) atoms. The highest BCUT2D eigenvalue weighted by Crippen LogP contribution is 2.27. The van der Waals surface area contributed by atoms with Gasteiger partial charge in [0.2, 0.25) is 0 Å². The number of hydrogen-bond acceptors (Lipinski definition) is 2. The van der Waals surface area contributed by atoms with Gasteiger partial charge in [0.1, 0.15) is 0 Å². The molecule has 0 amide bonds. The number of anilines is 1. The summed E-state index contributed by atoms with van der Waals surface area (Å²) in [5.41, 5.74) is 7.37. The lowest BCUT2D eigenvalue weighted by Crippen LogP contribution is -2.28. The summed E-state index contributed by atoms with van der Waals surface area (Å²) >= 11 is 0. The monoisotopic (exact) mass is 278 g/mol. The normalized spacial score (nSPS) is 17.1. The van der Waals surface area contributed by atoms with E-state index >= 15 is 0 Å². The summed E-state index contributed by atoms with van der Waals surface area (Å²) in [6.45, 7) is 2.14. The van der Waals surface area contributed by atoms with Crippen molar-refractivity contribution >= 4 is 5.69 Å². The smallest absolute Gasteiger partial charge is 0.0397 e. The molecule has 108 valence electrons. The Balaban J connectivity index is 1.40. The molecular weight excluding hydrogens is 256 g/mol. The van der Waals surface area contributed by atoms with Crippen molar-refractivity contribution < 1.29 is 0 Å². The number of fused-ring (bicyclic) bond motifs is 2. The fourth-order valence-electron chi connectivity index (χ4n) is 3.70. The van der Waals surface area contributed by atoms with Gasteiger partial charge >= 0.3 is 0 Å². The van der Waals surface area contributed by atoms with Crippen molar-refractivity contribution in [2.24, 2.45) is 0 Å². The maximum atomic E-state index is 3.73. The molecule has 0 aromatic heterocycles. The van der Waals surface area contributed by atoms with Gasteiger partial charge in [0.15, 0.2) is 0 Å². The fourth-order valence-corrected chi connectivity index (χ4v) is 3.70. The third kappa shape index (κ3) is 2.44. The maximum absolute atomic E-state index is 3.73. The van der Waals surface area contributed by atoms with Crippen molar-refractivity contribution in [2.45, 2.75) is 31.8 Å². The van der Waals surface area contributed by atoms with Crippen LogP contribution in [0, 0.1) is 0 Å². The second kappa shape index (κ2) is 5.19. The Morgan fingerprint density at radius 3 is 2.57 bits per heavy atom. The molecule has 1 heterocycles. The number of nitrogens with zero attached hydrogens (tertiary/aromatic N) is 1. The van der Waals surface area contributed by atoms with Crippen molar-refractivity contribution in [3.05, 3.63) is 64.7 Å². The first-order valence-corrected chi connectivity index (χ1v) is 7.93. The van der Waals surface area contributed by atoms with Crippen LogP contribution in [0.3, 0.4) is 0 Å². The molecule has 0 atom stereocenters. The van der Waals surface area contributed by atoms with E-state index in [1.54, 1.807) is 0 Å². The number of likely N-dealkylation sites (N-methyl/N-ethyl adjacent to an activating group) is 1. The number of hydrogen-bond donors (Lipinski definition) is 1. The summed E-state index contributed by atoms with van der Waals surface area (Å²) in [4.78, 5) is 2.35. The second-order valence-corrected chi connectivity index (χ2v) is 6.39.